The summed E-state index contributed by atoms with van der Waals surface area (Å²) in [6.45, 7) is 0.660. The van der Waals surface area contributed by atoms with Crippen molar-refractivity contribution in [1.82, 2.24) is 18.7 Å². The number of benzene rings is 1. The van der Waals surface area contributed by atoms with E-state index in [1.807, 2.05) is 30.3 Å². The van der Waals surface area contributed by atoms with E-state index in [4.69, 9.17) is 4.74 Å². The summed E-state index contributed by atoms with van der Waals surface area (Å²) in [6.07, 6.45) is 2.35. The zero-order chi connectivity index (χ0) is 20.3. The van der Waals surface area contributed by atoms with E-state index < -0.39 is 21.7 Å². The number of nitrogens with zero attached hydrogens (tertiary/aromatic N) is 4. The molecular weight excluding hydrogens is 384 g/mol. The molecule has 0 aliphatic carbocycles. The monoisotopic (exact) mass is 408 g/mol. The maximum atomic E-state index is 12.4. The van der Waals surface area contributed by atoms with Crippen LogP contribution in [0.25, 0.3) is 0 Å². The van der Waals surface area contributed by atoms with Crippen molar-refractivity contribution < 1.29 is 17.9 Å². The SMILES string of the molecule is Cn1c(C2CCN(S(C)(=O)=O)CC2)nn(CC(=O)OCc2ccccc2)c1=O. The molecule has 0 radical (unpaired) electrons. The van der Waals surface area contributed by atoms with Crippen LogP contribution < -0.4 is 5.69 Å². The summed E-state index contributed by atoms with van der Waals surface area (Å²) in [4.78, 5) is 24.5. The molecule has 0 unspecified atom stereocenters. The third-order valence-corrected chi connectivity index (χ3v) is 6.19. The van der Waals surface area contributed by atoms with Gasteiger partial charge in [-0.2, -0.15) is 5.10 Å². The number of aromatic nitrogens is 3. The zero-order valence-electron chi connectivity index (χ0n) is 15.9. The first kappa shape index (κ1) is 20.3. The van der Waals surface area contributed by atoms with E-state index in [9.17, 15) is 18.0 Å². The van der Waals surface area contributed by atoms with Gasteiger partial charge in [0, 0.05) is 26.1 Å². The fourth-order valence-corrected chi connectivity index (χ4v) is 4.19. The lowest BCUT2D eigenvalue weighted by molar-refractivity contribution is -0.146. The molecule has 2 aromatic rings. The number of rotatable bonds is 6. The Balaban J connectivity index is 1.63. The lowest BCUT2D eigenvalue weighted by Crippen LogP contribution is -2.37. The van der Waals surface area contributed by atoms with Gasteiger partial charge in [0.25, 0.3) is 0 Å². The fourth-order valence-electron chi connectivity index (χ4n) is 3.31. The van der Waals surface area contributed by atoms with Gasteiger partial charge in [-0.05, 0) is 18.4 Å². The minimum atomic E-state index is -3.21. The molecule has 28 heavy (non-hydrogen) atoms. The summed E-state index contributed by atoms with van der Waals surface area (Å²) >= 11 is 0. The number of piperidine rings is 1. The van der Waals surface area contributed by atoms with Crippen LogP contribution in [0, 0.1) is 0 Å². The van der Waals surface area contributed by atoms with Gasteiger partial charge in [0.05, 0.1) is 6.26 Å². The molecule has 0 N–H and O–H groups in total. The van der Waals surface area contributed by atoms with Crippen LogP contribution in [0.3, 0.4) is 0 Å². The number of hydrogen-bond acceptors (Lipinski definition) is 6. The van der Waals surface area contributed by atoms with Gasteiger partial charge in [-0.15, -0.1) is 0 Å². The quantitative estimate of drug-likeness (QED) is 0.644. The van der Waals surface area contributed by atoms with Gasteiger partial charge in [-0.3, -0.25) is 9.36 Å². The standard InChI is InChI=1S/C18H24N4O5S/c1-20-17(15-8-10-21(11-9-15)28(2,25)26)19-22(18(20)24)12-16(23)27-13-14-6-4-3-5-7-14/h3-7,15H,8-13H2,1-2H3. The van der Waals surface area contributed by atoms with Crippen LogP contribution in [0.15, 0.2) is 35.1 Å². The van der Waals surface area contributed by atoms with E-state index in [0.717, 1.165) is 10.2 Å². The van der Waals surface area contributed by atoms with E-state index >= 15 is 0 Å². The third kappa shape index (κ3) is 4.68. The number of ether oxygens (including phenoxy) is 1. The molecular formula is C18H24N4O5S. The highest BCUT2D eigenvalue weighted by Gasteiger charge is 2.29. The molecule has 1 aromatic carbocycles. The molecule has 0 amide bonds. The van der Waals surface area contributed by atoms with Gasteiger partial charge in [-0.25, -0.2) is 22.2 Å². The Morgan fingerprint density at radius 1 is 1.21 bits per heavy atom. The second-order valence-corrected chi connectivity index (χ2v) is 8.92. The van der Waals surface area contributed by atoms with Crippen LogP contribution in [0.1, 0.15) is 30.1 Å². The summed E-state index contributed by atoms with van der Waals surface area (Å²) in [5.74, 6) is -0.00574. The molecule has 1 aliphatic rings. The number of hydrogen-bond donors (Lipinski definition) is 0. The minimum Gasteiger partial charge on any atom is -0.459 e. The Morgan fingerprint density at radius 2 is 1.86 bits per heavy atom. The van der Waals surface area contributed by atoms with E-state index in [1.165, 1.54) is 15.1 Å². The van der Waals surface area contributed by atoms with Gasteiger partial charge in [-0.1, -0.05) is 30.3 Å². The Kier molecular flexibility index (Phi) is 5.99. The average molecular weight is 408 g/mol. The Bertz CT molecular complexity index is 989. The van der Waals surface area contributed by atoms with Crippen LogP contribution in [-0.4, -0.2) is 52.4 Å². The smallest absolute Gasteiger partial charge is 0.346 e. The minimum absolute atomic E-state index is 0.0303. The molecule has 1 fully saturated rings. The number of sulfonamides is 1. The third-order valence-electron chi connectivity index (χ3n) is 4.88. The van der Waals surface area contributed by atoms with Gasteiger partial charge in [0.2, 0.25) is 10.0 Å². The molecule has 152 valence electrons. The maximum Gasteiger partial charge on any atom is 0.346 e. The van der Waals surface area contributed by atoms with Crippen molar-refractivity contribution >= 4 is 16.0 Å². The van der Waals surface area contributed by atoms with E-state index in [1.54, 1.807) is 7.05 Å². The molecule has 2 heterocycles. The average Bonchev–Trinajstić information content (AvgIpc) is 2.95. The first-order chi connectivity index (χ1) is 13.3. The number of esters is 1. The summed E-state index contributed by atoms with van der Waals surface area (Å²) in [6, 6.07) is 9.28. The summed E-state index contributed by atoms with van der Waals surface area (Å²) in [5.41, 5.74) is 0.472. The Hall–Kier alpha value is -2.46. The second kappa shape index (κ2) is 8.27. The van der Waals surface area contributed by atoms with Crippen molar-refractivity contribution in [1.29, 1.82) is 0 Å². The number of carbonyl (C=O) groups excluding carboxylic acids is 1. The summed E-state index contributed by atoms with van der Waals surface area (Å²) < 4.78 is 32.4. The number of carbonyl (C=O) groups is 1. The zero-order valence-corrected chi connectivity index (χ0v) is 16.8. The van der Waals surface area contributed by atoms with Crippen molar-refractivity contribution in [2.75, 3.05) is 19.3 Å². The van der Waals surface area contributed by atoms with Gasteiger partial charge < -0.3 is 4.74 Å². The largest absolute Gasteiger partial charge is 0.459 e. The van der Waals surface area contributed by atoms with Gasteiger partial charge in [0.15, 0.2) is 0 Å². The molecule has 1 aliphatic heterocycles. The molecule has 0 saturated carbocycles. The molecule has 9 nitrogen and oxygen atoms in total. The molecule has 10 heteroatoms. The van der Waals surface area contributed by atoms with E-state index in [-0.39, 0.29) is 19.1 Å². The van der Waals surface area contributed by atoms with Gasteiger partial charge >= 0.3 is 11.7 Å². The van der Waals surface area contributed by atoms with Crippen LogP contribution in [0.2, 0.25) is 0 Å². The predicted octanol–water partition coefficient (Wildman–Crippen LogP) is 0.464. The van der Waals surface area contributed by atoms with Crippen LogP contribution >= 0.6 is 0 Å². The molecule has 1 saturated heterocycles. The Morgan fingerprint density at radius 3 is 2.46 bits per heavy atom. The van der Waals surface area contributed by atoms with Crippen LogP contribution in [0.5, 0.6) is 0 Å². The second-order valence-electron chi connectivity index (χ2n) is 6.94. The van der Waals surface area contributed by atoms with Gasteiger partial charge in [0.1, 0.15) is 19.0 Å². The molecule has 0 atom stereocenters. The van der Waals surface area contributed by atoms with Crippen molar-refractivity contribution in [2.24, 2.45) is 7.05 Å². The lowest BCUT2D eigenvalue weighted by atomic mass is 9.97. The van der Waals surface area contributed by atoms with E-state index in [2.05, 4.69) is 5.10 Å². The summed E-state index contributed by atoms with van der Waals surface area (Å²) in [7, 11) is -1.60. The van der Waals surface area contributed by atoms with Crippen molar-refractivity contribution in [3.05, 3.63) is 52.2 Å². The van der Waals surface area contributed by atoms with Crippen molar-refractivity contribution in [3.63, 3.8) is 0 Å². The molecule has 3 rings (SSSR count). The van der Waals surface area contributed by atoms with Crippen molar-refractivity contribution in [3.8, 4) is 0 Å². The fraction of sp³-hybridized carbons (Fsp3) is 0.500. The summed E-state index contributed by atoms with van der Waals surface area (Å²) in [5, 5.41) is 4.31. The topological polar surface area (TPSA) is 104 Å². The first-order valence-corrected chi connectivity index (χ1v) is 10.9. The highest BCUT2D eigenvalue weighted by atomic mass is 32.2. The molecule has 0 bridgehead atoms. The normalized spacial score (nSPS) is 16.2. The maximum absolute atomic E-state index is 12.4. The highest BCUT2D eigenvalue weighted by molar-refractivity contribution is 7.88. The van der Waals surface area contributed by atoms with Crippen LogP contribution in [-0.2, 0) is 39.8 Å². The van der Waals surface area contributed by atoms with Crippen molar-refractivity contribution in [2.45, 2.75) is 31.9 Å². The predicted molar refractivity (Wildman–Crippen MR) is 102 cm³/mol. The lowest BCUT2D eigenvalue weighted by Gasteiger charge is -2.29. The first-order valence-electron chi connectivity index (χ1n) is 9.04. The van der Waals surface area contributed by atoms with Crippen LogP contribution in [0.4, 0.5) is 0 Å². The molecule has 1 aromatic heterocycles. The highest BCUT2D eigenvalue weighted by Crippen LogP contribution is 2.26. The molecule has 0 spiro atoms. The Labute approximate surface area is 163 Å². The van der Waals surface area contributed by atoms with E-state index in [0.29, 0.717) is 31.8 Å².